The van der Waals surface area contributed by atoms with Crippen molar-refractivity contribution in [3.63, 3.8) is 0 Å². The highest BCUT2D eigenvalue weighted by atomic mass is 127. The summed E-state index contributed by atoms with van der Waals surface area (Å²) in [5, 5.41) is 0. The summed E-state index contributed by atoms with van der Waals surface area (Å²) in [4.78, 5) is 0. The Morgan fingerprint density at radius 3 is 2.42 bits per heavy atom. The molecule has 1 rings (SSSR count). The van der Waals surface area contributed by atoms with Gasteiger partial charge >= 0.3 is 0 Å². The second-order valence-electron chi connectivity index (χ2n) is 4.63. The fourth-order valence-electron chi connectivity index (χ4n) is 1.56. The van der Waals surface area contributed by atoms with Gasteiger partial charge in [-0.3, -0.25) is 0 Å². The van der Waals surface area contributed by atoms with Crippen LogP contribution in [0.2, 0.25) is 0 Å². The second kappa shape index (κ2) is 3.52. The van der Waals surface area contributed by atoms with Crippen molar-refractivity contribution >= 4 is 22.6 Å². The van der Waals surface area contributed by atoms with Crippen LogP contribution in [0.4, 0.5) is 0 Å². The first-order valence-corrected chi connectivity index (χ1v) is 5.53. The number of hydrogen-bond donors (Lipinski definition) is 0. The van der Waals surface area contributed by atoms with E-state index in [9.17, 15) is 0 Å². The molecule has 0 spiro atoms. The van der Waals surface area contributed by atoms with Crippen LogP contribution in [0.25, 0.3) is 0 Å². The van der Waals surface area contributed by atoms with Gasteiger partial charge in [0.05, 0.1) is 0 Å². The van der Waals surface area contributed by atoms with Crippen molar-refractivity contribution in [1.29, 1.82) is 0 Å². The van der Waals surface area contributed by atoms with Gasteiger partial charge in [-0.1, -0.05) is 38.5 Å². The predicted molar refractivity (Wildman–Crippen MR) is 63.4 cm³/mol. The van der Waals surface area contributed by atoms with E-state index in [1.165, 1.54) is 15.6 Å². The van der Waals surface area contributed by atoms with Gasteiger partial charge in [-0.2, -0.15) is 0 Å². The summed E-state index contributed by atoms with van der Waals surface area (Å²) in [5.41, 5.74) is 1.82. The average Bonchev–Trinajstić information content (AvgIpc) is 1.83. The molecule has 0 fully saturated rings. The van der Waals surface area contributed by atoms with E-state index in [4.69, 9.17) is 0 Å². The molecule has 0 nitrogen and oxygen atoms in total. The lowest BCUT2D eigenvalue weighted by atomic mass is 9.76. The van der Waals surface area contributed by atoms with E-state index in [0.29, 0.717) is 5.41 Å². The Kier molecular flexibility index (Phi) is 3.02. The summed E-state index contributed by atoms with van der Waals surface area (Å²) >= 11 is 2.48. The maximum atomic E-state index is 2.48. The Hall–Kier alpha value is 0.210. The van der Waals surface area contributed by atoms with E-state index in [0.717, 1.165) is 5.92 Å². The topological polar surface area (TPSA) is 0 Å². The van der Waals surface area contributed by atoms with Crippen LogP contribution in [0.5, 0.6) is 0 Å². The van der Waals surface area contributed by atoms with E-state index in [2.05, 4.69) is 62.4 Å². The van der Waals surface area contributed by atoms with Crippen LogP contribution in [0.1, 0.15) is 34.1 Å². The molecule has 0 bridgehead atoms. The lowest BCUT2D eigenvalue weighted by Gasteiger charge is -2.32. The molecule has 0 amide bonds. The highest BCUT2D eigenvalue weighted by Crippen LogP contribution is 2.40. The quantitative estimate of drug-likeness (QED) is 0.578. The summed E-state index contributed by atoms with van der Waals surface area (Å²) in [6, 6.07) is 0. The van der Waals surface area contributed by atoms with Crippen LogP contribution in [-0.2, 0) is 0 Å². The van der Waals surface area contributed by atoms with Crippen LogP contribution in [0.15, 0.2) is 21.3 Å². The lowest BCUT2D eigenvalue weighted by Crippen LogP contribution is -2.21. The third-order valence-electron chi connectivity index (χ3n) is 2.42. The Labute approximate surface area is 89.3 Å². The molecule has 68 valence electrons. The van der Waals surface area contributed by atoms with Crippen molar-refractivity contribution < 1.29 is 0 Å². The van der Waals surface area contributed by atoms with Crippen molar-refractivity contribution in [2.45, 2.75) is 34.1 Å². The van der Waals surface area contributed by atoms with Crippen LogP contribution in [0, 0.1) is 11.3 Å². The third-order valence-corrected chi connectivity index (χ3v) is 3.48. The van der Waals surface area contributed by atoms with Crippen molar-refractivity contribution in [2.75, 3.05) is 0 Å². The standard InChI is InChI=1S/C11H17I/c1-8-5-6-9(10(12)7-8)11(2,3)4/h5,7,9H,6H2,1-4H3. The van der Waals surface area contributed by atoms with Crippen LogP contribution in [0.3, 0.4) is 0 Å². The monoisotopic (exact) mass is 276 g/mol. The zero-order valence-electron chi connectivity index (χ0n) is 8.32. The smallest absolute Gasteiger partial charge is 0.00203 e. The van der Waals surface area contributed by atoms with Gasteiger partial charge < -0.3 is 0 Å². The molecular formula is C11H17I. The molecule has 0 aliphatic heterocycles. The third kappa shape index (κ3) is 2.35. The number of rotatable bonds is 0. The molecule has 1 aliphatic carbocycles. The molecular weight excluding hydrogens is 259 g/mol. The molecule has 1 atom stereocenters. The van der Waals surface area contributed by atoms with Gasteiger partial charge in [0.1, 0.15) is 0 Å². The molecule has 1 heteroatoms. The lowest BCUT2D eigenvalue weighted by molar-refractivity contribution is 0.291. The summed E-state index contributed by atoms with van der Waals surface area (Å²) in [6.45, 7) is 9.13. The number of hydrogen-bond acceptors (Lipinski definition) is 0. The van der Waals surface area contributed by atoms with Gasteiger partial charge in [0.15, 0.2) is 0 Å². The molecule has 0 heterocycles. The van der Waals surface area contributed by atoms with Crippen molar-refractivity contribution in [3.05, 3.63) is 21.3 Å². The van der Waals surface area contributed by atoms with Crippen molar-refractivity contribution in [3.8, 4) is 0 Å². The number of halogens is 1. The summed E-state index contributed by atoms with van der Waals surface area (Å²) in [7, 11) is 0. The summed E-state index contributed by atoms with van der Waals surface area (Å²) < 4.78 is 1.51. The first kappa shape index (κ1) is 10.3. The van der Waals surface area contributed by atoms with Crippen molar-refractivity contribution in [2.24, 2.45) is 11.3 Å². The Balaban J connectivity index is 2.82. The Morgan fingerprint density at radius 1 is 1.42 bits per heavy atom. The molecule has 0 N–H and O–H groups in total. The Bertz CT molecular complexity index is 228. The maximum Gasteiger partial charge on any atom is -0.00203 e. The maximum absolute atomic E-state index is 2.48. The average molecular weight is 276 g/mol. The minimum absolute atomic E-state index is 0.407. The van der Waals surface area contributed by atoms with Gasteiger partial charge in [-0.25, -0.2) is 0 Å². The van der Waals surface area contributed by atoms with Crippen LogP contribution in [-0.4, -0.2) is 0 Å². The van der Waals surface area contributed by atoms with E-state index in [1.54, 1.807) is 0 Å². The largest absolute Gasteiger partial charge is 0.0809 e. The normalized spacial score (nSPS) is 24.9. The fourth-order valence-corrected chi connectivity index (χ4v) is 3.24. The molecule has 1 aliphatic rings. The molecule has 0 radical (unpaired) electrons. The molecule has 0 aromatic carbocycles. The van der Waals surface area contributed by atoms with E-state index >= 15 is 0 Å². The number of allylic oxidation sites excluding steroid dienone is 4. The van der Waals surface area contributed by atoms with E-state index in [-0.39, 0.29) is 0 Å². The van der Waals surface area contributed by atoms with E-state index in [1.807, 2.05) is 0 Å². The van der Waals surface area contributed by atoms with E-state index < -0.39 is 0 Å². The molecule has 12 heavy (non-hydrogen) atoms. The minimum atomic E-state index is 0.407. The molecule has 0 saturated carbocycles. The summed E-state index contributed by atoms with van der Waals surface area (Å²) in [5.74, 6) is 0.724. The first-order valence-electron chi connectivity index (χ1n) is 4.45. The predicted octanol–water partition coefficient (Wildman–Crippen LogP) is 4.32. The van der Waals surface area contributed by atoms with Crippen LogP contribution < -0.4 is 0 Å². The van der Waals surface area contributed by atoms with Gasteiger partial charge in [0.25, 0.3) is 0 Å². The molecule has 0 aromatic heterocycles. The second-order valence-corrected chi connectivity index (χ2v) is 5.88. The van der Waals surface area contributed by atoms with Gasteiger partial charge in [-0.15, -0.1) is 0 Å². The van der Waals surface area contributed by atoms with Crippen molar-refractivity contribution in [1.82, 2.24) is 0 Å². The molecule has 1 unspecified atom stereocenters. The Morgan fingerprint density at radius 2 is 2.00 bits per heavy atom. The highest BCUT2D eigenvalue weighted by molar-refractivity contribution is 14.1. The SMILES string of the molecule is CC1=CCC(C(C)(C)C)C(I)=C1. The zero-order valence-corrected chi connectivity index (χ0v) is 10.5. The zero-order chi connectivity index (χ0) is 9.35. The molecule has 0 aromatic rings. The van der Waals surface area contributed by atoms with Gasteiger partial charge in [-0.05, 0) is 50.8 Å². The fraction of sp³-hybridized carbons (Fsp3) is 0.636. The summed E-state index contributed by atoms with van der Waals surface area (Å²) in [6.07, 6.45) is 5.86. The molecule has 0 saturated heterocycles. The highest BCUT2D eigenvalue weighted by Gasteiger charge is 2.27. The minimum Gasteiger partial charge on any atom is -0.0809 e. The van der Waals surface area contributed by atoms with Crippen LogP contribution >= 0.6 is 22.6 Å². The first-order chi connectivity index (χ1) is 5.41. The van der Waals surface area contributed by atoms with Gasteiger partial charge in [0, 0.05) is 0 Å². The van der Waals surface area contributed by atoms with Gasteiger partial charge in [0.2, 0.25) is 0 Å².